The molecule has 0 radical (unpaired) electrons. The third kappa shape index (κ3) is 2.70. The highest BCUT2D eigenvalue weighted by molar-refractivity contribution is 4.99. The van der Waals surface area contributed by atoms with Gasteiger partial charge in [-0.1, -0.05) is 17.3 Å². The molecule has 1 aromatic heterocycles. The molecule has 76 valence electrons. The minimum atomic E-state index is 0.805. The zero-order chi connectivity index (χ0) is 9.64. The van der Waals surface area contributed by atoms with Crippen molar-refractivity contribution in [1.82, 2.24) is 10.5 Å². The summed E-state index contributed by atoms with van der Waals surface area (Å²) in [6.07, 6.45) is 11.8. The van der Waals surface area contributed by atoms with Crippen LogP contribution in [0.2, 0.25) is 0 Å². The average Bonchev–Trinajstić information content (AvgIpc) is 2.72. The van der Waals surface area contributed by atoms with E-state index in [1.807, 2.05) is 0 Å². The van der Waals surface area contributed by atoms with Gasteiger partial charge in [0.2, 0.25) is 0 Å². The number of hydrogen-bond donors (Lipinski definition) is 1. The van der Waals surface area contributed by atoms with Gasteiger partial charge in [-0.15, -0.1) is 0 Å². The molecule has 0 aliphatic heterocycles. The lowest BCUT2D eigenvalue weighted by molar-refractivity contribution is 0.416. The number of rotatable bonds is 4. The van der Waals surface area contributed by atoms with Gasteiger partial charge >= 0.3 is 0 Å². The van der Waals surface area contributed by atoms with E-state index >= 15 is 0 Å². The van der Waals surface area contributed by atoms with E-state index in [2.05, 4.69) is 22.6 Å². The SMILES string of the molecule is C1=CCC(CNCc2cnoc2)CC1. The van der Waals surface area contributed by atoms with Crippen molar-refractivity contribution in [3.63, 3.8) is 0 Å². The Hall–Kier alpha value is -1.09. The second kappa shape index (κ2) is 4.96. The van der Waals surface area contributed by atoms with Gasteiger partial charge in [0.25, 0.3) is 0 Å². The van der Waals surface area contributed by atoms with E-state index < -0.39 is 0 Å². The molecular weight excluding hydrogens is 176 g/mol. The Morgan fingerprint density at radius 2 is 2.50 bits per heavy atom. The van der Waals surface area contributed by atoms with Gasteiger partial charge in [-0.25, -0.2) is 0 Å². The molecule has 1 aliphatic carbocycles. The molecule has 0 fully saturated rings. The molecule has 1 N–H and O–H groups in total. The molecule has 1 aliphatic rings. The second-order valence-electron chi connectivity index (χ2n) is 3.81. The highest BCUT2D eigenvalue weighted by atomic mass is 16.5. The van der Waals surface area contributed by atoms with Crippen molar-refractivity contribution in [1.29, 1.82) is 0 Å². The van der Waals surface area contributed by atoms with Crippen LogP contribution < -0.4 is 5.32 Å². The zero-order valence-corrected chi connectivity index (χ0v) is 8.28. The molecule has 0 amide bonds. The van der Waals surface area contributed by atoms with Crippen molar-refractivity contribution in [3.8, 4) is 0 Å². The van der Waals surface area contributed by atoms with Gasteiger partial charge in [0.05, 0.1) is 6.20 Å². The summed E-state index contributed by atoms with van der Waals surface area (Å²) in [5.74, 6) is 0.805. The lowest BCUT2D eigenvalue weighted by Crippen LogP contribution is -2.22. The Morgan fingerprint density at radius 1 is 1.50 bits per heavy atom. The van der Waals surface area contributed by atoms with Gasteiger partial charge in [0, 0.05) is 12.1 Å². The fourth-order valence-corrected chi connectivity index (χ4v) is 1.78. The molecule has 0 saturated heterocycles. The summed E-state index contributed by atoms with van der Waals surface area (Å²) in [5.41, 5.74) is 1.12. The highest BCUT2D eigenvalue weighted by Gasteiger charge is 2.08. The molecule has 1 unspecified atom stereocenters. The van der Waals surface area contributed by atoms with E-state index in [0.29, 0.717) is 0 Å². The van der Waals surface area contributed by atoms with Crippen molar-refractivity contribution in [2.24, 2.45) is 5.92 Å². The fraction of sp³-hybridized carbons (Fsp3) is 0.545. The largest absolute Gasteiger partial charge is 0.364 e. The van der Waals surface area contributed by atoms with Crippen LogP contribution >= 0.6 is 0 Å². The van der Waals surface area contributed by atoms with Crippen LogP contribution in [0.15, 0.2) is 29.1 Å². The Bertz CT molecular complexity index is 279. The molecule has 0 aromatic carbocycles. The Morgan fingerprint density at radius 3 is 3.21 bits per heavy atom. The van der Waals surface area contributed by atoms with Gasteiger partial charge < -0.3 is 9.84 Å². The standard InChI is InChI=1S/C11H16N2O/c1-2-4-10(5-3-1)6-12-7-11-8-13-14-9-11/h1-2,8-10,12H,3-7H2. The normalized spacial score (nSPS) is 21.3. The molecule has 1 atom stereocenters. The van der Waals surface area contributed by atoms with Crippen LogP contribution in [0.3, 0.4) is 0 Å². The molecule has 2 rings (SSSR count). The minimum Gasteiger partial charge on any atom is -0.364 e. The average molecular weight is 192 g/mol. The quantitative estimate of drug-likeness (QED) is 0.742. The van der Waals surface area contributed by atoms with E-state index in [4.69, 9.17) is 4.52 Å². The maximum Gasteiger partial charge on any atom is 0.128 e. The summed E-state index contributed by atoms with van der Waals surface area (Å²) in [7, 11) is 0. The highest BCUT2D eigenvalue weighted by Crippen LogP contribution is 2.16. The van der Waals surface area contributed by atoms with Gasteiger partial charge in [0.1, 0.15) is 6.26 Å². The molecule has 0 bridgehead atoms. The van der Waals surface area contributed by atoms with Crippen molar-refractivity contribution < 1.29 is 4.52 Å². The summed E-state index contributed by atoms with van der Waals surface area (Å²) in [6, 6.07) is 0. The van der Waals surface area contributed by atoms with Crippen molar-refractivity contribution >= 4 is 0 Å². The van der Waals surface area contributed by atoms with Crippen LogP contribution in [0, 0.1) is 5.92 Å². The number of nitrogens with one attached hydrogen (secondary N) is 1. The van der Waals surface area contributed by atoms with Crippen LogP contribution in [-0.4, -0.2) is 11.7 Å². The van der Waals surface area contributed by atoms with E-state index in [-0.39, 0.29) is 0 Å². The summed E-state index contributed by atoms with van der Waals surface area (Å²) in [6.45, 7) is 1.96. The molecule has 3 heteroatoms. The molecule has 1 heterocycles. The number of nitrogens with zero attached hydrogens (tertiary/aromatic N) is 1. The Balaban J connectivity index is 1.65. The van der Waals surface area contributed by atoms with E-state index in [0.717, 1.165) is 24.6 Å². The first-order valence-corrected chi connectivity index (χ1v) is 5.19. The summed E-state index contributed by atoms with van der Waals surface area (Å²) >= 11 is 0. The third-order valence-corrected chi connectivity index (χ3v) is 2.62. The number of hydrogen-bond acceptors (Lipinski definition) is 3. The smallest absolute Gasteiger partial charge is 0.128 e. The first-order chi connectivity index (χ1) is 6.95. The lowest BCUT2D eigenvalue weighted by atomic mass is 9.94. The topological polar surface area (TPSA) is 38.1 Å². The number of allylic oxidation sites excluding steroid dienone is 2. The molecule has 0 saturated carbocycles. The first kappa shape index (κ1) is 9.46. The van der Waals surface area contributed by atoms with Crippen LogP contribution in [0.5, 0.6) is 0 Å². The van der Waals surface area contributed by atoms with Crippen LogP contribution in [0.1, 0.15) is 24.8 Å². The molecule has 3 nitrogen and oxygen atoms in total. The summed E-state index contributed by atoms with van der Waals surface area (Å²) in [4.78, 5) is 0. The van der Waals surface area contributed by atoms with Gasteiger partial charge in [0.15, 0.2) is 0 Å². The lowest BCUT2D eigenvalue weighted by Gasteiger charge is -2.17. The van der Waals surface area contributed by atoms with Crippen LogP contribution in [-0.2, 0) is 6.54 Å². The fourth-order valence-electron chi connectivity index (χ4n) is 1.78. The summed E-state index contributed by atoms with van der Waals surface area (Å²) in [5, 5.41) is 7.09. The van der Waals surface area contributed by atoms with Crippen molar-refractivity contribution in [2.75, 3.05) is 6.54 Å². The van der Waals surface area contributed by atoms with Crippen molar-refractivity contribution in [3.05, 3.63) is 30.2 Å². The van der Waals surface area contributed by atoms with Gasteiger partial charge in [-0.2, -0.15) is 0 Å². The minimum absolute atomic E-state index is 0.805. The molecule has 1 aromatic rings. The molecule has 14 heavy (non-hydrogen) atoms. The zero-order valence-electron chi connectivity index (χ0n) is 8.28. The van der Waals surface area contributed by atoms with E-state index in [1.54, 1.807) is 12.5 Å². The van der Waals surface area contributed by atoms with Gasteiger partial charge in [-0.05, 0) is 31.7 Å². The van der Waals surface area contributed by atoms with Gasteiger partial charge in [-0.3, -0.25) is 0 Å². The molecular formula is C11H16N2O. The predicted octanol–water partition coefficient (Wildman–Crippen LogP) is 2.12. The Kier molecular flexibility index (Phi) is 3.35. The predicted molar refractivity (Wildman–Crippen MR) is 54.7 cm³/mol. The maximum atomic E-state index is 4.76. The Labute approximate surface area is 84.2 Å². The van der Waals surface area contributed by atoms with Crippen LogP contribution in [0.4, 0.5) is 0 Å². The second-order valence-corrected chi connectivity index (χ2v) is 3.81. The van der Waals surface area contributed by atoms with Crippen LogP contribution in [0.25, 0.3) is 0 Å². The molecule has 0 spiro atoms. The first-order valence-electron chi connectivity index (χ1n) is 5.19. The van der Waals surface area contributed by atoms with Crippen molar-refractivity contribution in [2.45, 2.75) is 25.8 Å². The summed E-state index contributed by atoms with van der Waals surface area (Å²) < 4.78 is 4.76. The van der Waals surface area contributed by atoms with E-state index in [1.165, 1.54) is 19.3 Å². The maximum absolute atomic E-state index is 4.76. The monoisotopic (exact) mass is 192 g/mol. The van der Waals surface area contributed by atoms with E-state index in [9.17, 15) is 0 Å². The number of aromatic nitrogens is 1. The third-order valence-electron chi connectivity index (χ3n) is 2.62.